The summed E-state index contributed by atoms with van der Waals surface area (Å²) in [4.78, 5) is 2.34. The Hall–Kier alpha value is -4.10. The lowest BCUT2D eigenvalue weighted by atomic mass is 9.97. The fourth-order valence-corrected chi connectivity index (χ4v) is 3.97. The second-order valence-corrected chi connectivity index (χ2v) is 7.47. The summed E-state index contributed by atoms with van der Waals surface area (Å²) in [5.74, 6) is 0. The van der Waals surface area contributed by atoms with Gasteiger partial charge in [-0.25, -0.2) is 0 Å². The van der Waals surface area contributed by atoms with E-state index >= 15 is 0 Å². The Balaban J connectivity index is 1.77. The molecule has 31 heavy (non-hydrogen) atoms. The van der Waals surface area contributed by atoms with Crippen molar-refractivity contribution in [1.82, 2.24) is 0 Å². The second kappa shape index (κ2) is 8.73. The van der Waals surface area contributed by atoms with Crippen molar-refractivity contribution in [1.29, 1.82) is 0 Å². The smallest absolute Gasteiger partial charge is 0.0546 e. The van der Waals surface area contributed by atoms with Crippen molar-refractivity contribution < 1.29 is 0 Å². The van der Waals surface area contributed by atoms with Crippen LogP contribution in [0.2, 0.25) is 0 Å². The number of rotatable bonds is 5. The summed E-state index contributed by atoms with van der Waals surface area (Å²) in [6.07, 6.45) is 0. The van der Waals surface area contributed by atoms with Crippen molar-refractivity contribution in [2.75, 3.05) is 4.90 Å². The maximum absolute atomic E-state index is 2.34. The molecule has 0 radical (unpaired) electrons. The molecule has 0 aromatic heterocycles. The number of hydrogen-bond donors (Lipinski definition) is 0. The number of para-hydroxylation sites is 2. The van der Waals surface area contributed by atoms with Gasteiger partial charge in [0.15, 0.2) is 0 Å². The molecule has 0 aliphatic carbocycles. The molecule has 0 amide bonds. The summed E-state index contributed by atoms with van der Waals surface area (Å²) in [6, 6.07) is 49.1. The van der Waals surface area contributed by atoms with E-state index in [2.05, 4.69) is 144 Å². The van der Waals surface area contributed by atoms with E-state index in [0.717, 1.165) is 17.1 Å². The van der Waals surface area contributed by atoms with Gasteiger partial charge in [0, 0.05) is 16.9 Å². The van der Waals surface area contributed by atoms with Gasteiger partial charge < -0.3 is 4.90 Å². The van der Waals surface area contributed by atoms with E-state index in [9.17, 15) is 0 Å². The maximum atomic E-state index is 2.34. The molecule has 0 aliphatic rings. The van der Waals surface area contributed by atoms with Crippen molar-refractivity contribution in [2.24, 2.45) is 0 Å². The third-order valence-electron chi connectivity index (χ3n) is 5.46. The normalized spacial score (nSPS) is 10.6. The average molecular weight is 398 g/mol. The molecule has 0 spiro atoms. The number of anilines is 3. The quantitative estimate of drug-likeness (QED) is 0.287. The van der Waals surface area contributed by atoms with Crippen LogP contribution in [-0.2, 0) is 0 Å². The lowest BCUT2D eigenvalue weighted by molar-refractivity contribution is 1.28. The summed E-state index contributed by atoms with van der Waals surface area (Å²) in [6.45, 7) is 0. The van der Waals surface area contributed by atoms with E-state index in [1.807, 2.05) is 0 Å². The first-order chi connectivity index (χ1) is 15.4. The van der Waals surface area contributed by atoms with Crippen LogP contribution >= 0.6 is 0 Å². The first kappa shape index (κ1) is 18.9. The second-order valence-electron chi connectivity index (χ2n) is 7.47. The van der Waals surface area contributed by atoms with Gasteiger partial charge in [0.25, 0.3) is 0 Å². The van der Waals surface area contributed by atoms with Crippen LogP contribution in [0.3, 0.4) is 0 Å². The molecule has 148 valence electrons. The van der Waals surface area contributed by atoms with Crippen molar-refractivity contribution >= 4 is 17.1 Å². The molecule has 5 aromatic carbocycles. The van der Waals surface area contributed by atoms with Crippen LogP contribution in [0.5, 0.6) is 0 Å². The van der Waals surface area contributed by atoms with Gasteiger partial charge >= 0.3 is 0 Å². The molecule has 0 atom stereocenters. The van der Waals surface area contributed by atoms with Crippen molar-refractivity contribution in [3.8, 4) is 22.3 Å². The van der Waals surface area contributed by atoms with Gasteiger partial charge in [-0.2, -0.15) is 0 Å². The summed E-state index contributed by atoms with van der Waals surface area (Å²) in [7, 11) is 0. The Morgan fingerprint density at radius 1 is 0.355 bits per heavy atom. The third kappa shape index (κ3) is 3.99. The van der Waals surface area contributed by atoms with E-state index in [4.69, 9.17) is 0 Å². The topological polar surface area (TPSA) is 3.24 Å². The molecule has 0 aliphatic heterocycles. The highest BCUT2D eigenvalue weighted by atomic mass is 15.1. The van der Waals surface area contributed by atoms with Gasteiger partial charge in [-0.3, -0.25) is 0 Å². The highest BCUT2D eigenvalue weighted by molar-refractivity contribution is 5.90. The number of hydrogen-bond acceptors (Lipinski definition) is 1. The number of benzene rings is 5. The van der Waals surface area contributed by atoms with E-state index in [1.54, 1.807) is 0 Å². The summed E-state index contributed by atoms with van der Waals surface area (Å²) >= 11 is 0. The van der Waals surface area contributed by atoms with Gasteiger partial charge in [-0.05, 0) is 47.0 Å². The third-order valence-corrected chi connectivity index (χ3v) is 5.46. The molecule has 0 saturated heterocycles. The van der Waals surface area contributed by atoms with Crippen molar-refractivity contribution in [2.45, 2.75) is 0 Å². The molecule has 5 rings (SSSR count). The lowest BCUT2D eigenvalue weighted by Gasteiger charge is -2.28. The molecule has 1 nitrogen and oxygen atoms in total. The molecule has 1 heteroatoms. The minimum absolute atomic E-state index is 1.14. The Morgan fingerprint density at radius 3 is 1.32 bits per heavy atom. The maximum Gasteiger partial charge on any atom is 0.0546 e. The van der Waals surface area contributed by atoms with Gasteiger partial charge in [0.1, 0.15) is 0 Å². The molecule has 0 heterocycles. The van der Waals surface area contributed by atoms with Gasteiger partial charge in [-0.15, -0.1) is 0 Å². The van der Waals surface area contributed by atoms with E-state index in [1.165, 1.54) is 22.3 Å². The number of nitrogens with zero attached hydrogens (tertiary/aromatic N) is 1. The highest BCUT2D eigenvalue weighted by Gasteiger charge is 2.17. The highest BCUT2D eigenvalue weighted by Crippen LogP contribution is 2.42. The fourth-order valence-electron chi connectivity index (χ4n) is 3.97. The van der Waals surface area contributed by atoms with E-state index in [0.29, 0.717) is 0 Å². The van der Waals surface area contributed by atoms with Crippen molar-refractivity contribution in [3.63, 3.8) is 0 Å². The molecule has 0 N–H and O–H groups in total. The molecule has 0 saturated carbocycles. The van der Waals surface area contributed by atoms with E-state index < -0.39 is 0 Å². The Morgan fingerprint density at radius 2 is 0.806 bits per heavy atom. The molecule has 5 aromatic rings. The van der Waals surface area contributed by atoms with Crippen LogP contribution in [0.15, 0.2) is 140 Å². The largest absolute Gasteiger partial charge is 0.310 e. The van der Waals surface area contributed by atoms with Crippen LogP contribution in [-0.4, -0.2) is 0 Å². The lowest BCUT2D eigenvalue weighted by Crippen LogP contribution is -2.11. The fraction of sp³-hybridized carbons (Fsp3) is 0. The monoisotopic (exact) mass is 397 g/mol. The zero-order chi connectivity index (χ0) is 20.9. The molecular formula is C30H23N. The molecular weight excluding hydrogens is 374 g/mol. The van der Waals surface area contributed by atoms with Crippen LogP contribution in [0.1, 0.15) is 0 Å². The van der Waals surface area contributed by atoms with E-state index in [-0.39, 0.29) is 0 Å². The molecule has 0 unspecified atom stereocenters. The average Bonchev–Trinajstić information content (AvgIpc) is 2.87. The minimum Gasteiger partial charge on any atom is -0.310 e. The zero-order valence-electron chi connectivity index (χ0n) is 17.2. The van der Waals surface area contributed by atoms with Crippen LogP contribution in [0.4, 0.5) is 17.1 Å². The van der Waals surface area contributed by atoms with Crippen LogP contribution in [0, 0.1) is 0 Å². The molecule has 0 bridgehead atoms. The zero-order valence-corrected chi connectivity index (χ0v) is 17.2. The standard InChI is InChI=1S/C30H23N/c1-5-13-24(14-6-1)26-21-22-29(25-15-7-2-8-16-25)30(23-26)31(27-17-9-3-10-18-27)28-19-11-4-12-20-28/h1-23H. The summed E-state index contributed by atoms with van der Waals surface area (Å²) in [5, 5.41) is 0. The summed E-state index contributed by atoms with van der Waals surface area (Å²) in [5.41, 5.74) is 8.25. The van der Waals surface area contributed by atoms with Crippen LogP contribution < -0.4 is 4.90 Å². The first-order valence-corrected chi connectivity index (χ1v) is 10.6. The van der Waals surface area contributed by atoms with Gasteiger partial charge in [0.05, 0.1) is 5.69 Å². The minimum atomic E-state index is 1.14. The van der Waals surface area contributed by atoms with Crippen LogP contribution in [0.25, 0.3) is 22.3 Å². The van der Waals surface area contributed by atoms with Gasteiger partial charge in [-0.1, -0.05) is 109 Å². The van der Waals surface area contributed by atoms with Gasteiger partial charge in [0.2, 0.25) is 0 Å². The van der Waals surface area contributed by atoms with Crippen molar-refractivity contribution in [3.05, 3.63) is 140 Å². The first-order valence-electron chi connectivity index (χ1n) is 10.6. The Kier molecular flexibility index (Phi) is 5.32. The SMILES string of the molecule is c1ccc(-c2ccc(-c3ccccc3)c(N(c3ccccc3)c3ccccc3)c2)cc1. The summed E-state index contributed by atoms with van der Waals surface area (Å²) < 4.78 is 0. The predicted octanol–water partition coefficient (Wildman–Crippen LogP) is 8.49. The predicted molar refractivity (Wildman–Crippen MR) is 132 cm³/mol. The molecule has 0 fully saturated rings. The Bertz CT molecular complexity index is 1210. The Labute approximate surface area is 183 Å².